The molecule has 7 heteroatoms. The highest BCUT2D eigenvalue weighted by Crippen LogP contribution is 2.18. The Balaban J connectivity index is 3.10. The van der Waals surface area contributed by atoms with E-state index >= 15 is 0 Å². The van der Waals surface area contributed by atoms with Crippen molar-refractivity contribution in [3.63, 3.8) is 0 Å². The van der Waals surface area contributed by atoms with Gasteiger partial charge in [-0.1, -0.05) is 12.1 Å². The van der Waals surface area contributed by atoms with Crippen LogP contribution in [0.2, 0.25) is 0 Å². The largest absolute Gasteiger partial charge is 0.244 e. The number of sulfonamides is 1. The van der Waals surface area contributed by atoms with Crippen LogP contribution in [0, 0.1) is 5.82 Å². The van der Waals surface area contributed by atoms with Gasteiger partial charge >= 0.3 is 0 Å². The molecule has 0 unspecified atom stereocenters. The number of rotatable bonds is 5. The first kappa shape index (κ1) is 14.7. The van der Waals surface area contributed by atoms with Gasteiger partial charge in [-0.3, -0.25) is 0 Å². The molecule has 0 fully saturated rings. The first-order valence-corrected chi connectivity index (χ1v) is 7.30. The number of hydrogen-bond acceptors (Lipinski definition) is 2. The number of nitrogens with one attached hydrogen (secondary N) is 1. The predicted octanol–water partition coefficient (Wildman–Crippen LogP) is 2.34. The van der Waals surface area contributed by atoms with Crippen molar-refractivity contribution in [2.45, 2.75) is 17.4 Å². The molecular weight excluding hydrogens is 288 g/mol. The topological polar surface area (TPSA) is 46.2 Å². The van der Waals surface area contributed by atoms with Gasteiger partial charge in [-0.15, -0.1) is 23.2 Å². The third-order valence-corrected chi connectivity index (χ3v) is 4.95. The van der Waals surface area contributed by atoms with Crippen molar-refractivity contribution >= 4 is 33.2 Å². The average Bonchev–Trinajstić information content (AvgIpc) is 2.28. The molecule has 0 aliphatic heterocycles. The van der Waals surface area contributed by atoms with E-state index in [1.54, 1.807) is 6.92 Å². The van der Waals surface area contributed by atoms with Crippen LogP contribution in [0.25, 0.3) is 0 Å². The Morgan fingerprint density at radius 2 is 1.82 bits per heavy atom. The molecular formula is C10H12Cl2FNO2S. The van der Waals surface area contributed by atoms with Gasteiger partial charge in [0.05, 0.1) is 5.54 Å². The maximum Gasteiger partial charge on any atom is 0.244 e. The SMILES string of the molecule is CC(CCl)(CCl)NS(=O)(=O)c1ccccc1F. The molecule has 0 spiro atoms. The molecule has 0 bridgehead atoms. The summed E-state index contributed by atoms with van der Waals surface area (Å²) in [5, 5.41) is 0. The van der Waals surface area contributed by atoms with Gasteiger partial charge in [0.1, 0.15) is 10.7 Å². The highest BCUT2D eigenvalue weighted by molar-refractivity contribution is 7.89. The van der Waals surface area contributed by atoms with Gasteiger partial charge in [-0.25, -0.2) is 17.5 Å². The smallest absolute Gasteiger partial charge is 0.207 e. The molecule has 0 saturated heterocycles. The maximum absolute atomic E-state index is 13.4. The predicted molar refractivity (Wildman–Crippen MR) is 66.6 cm³/mol. The van der Waals surface area contributed by atoms with Gasteiger partial charge in [0, 0.05) is 11.8 Å². The first-order chi connectivity index (χ1) is 7.84. The number of alkyl halides is 2. The van der Waals surface area contributed by atoms with E-state index < -0.39 is 26.3 Å². The van der Waals surface area contributed by atoms with E-state index in [0.717, 1.165) is 6.07 Å². The van der Waals surface area contributed by atoms with Gasteiger partial charge in [-0.2, -0.15) is 0 Å². The Hall–Kier alpha value is -0.360. The molecule has 0 aromatic heterocycles. The van der Waals surface area contributed by atoms with Gasteiger partial charge in [0.15, 0.2) is 0 Å². The summed E-state index contributed by atoms with van der Waals surface area (Å²) in [7, 11) is -3.97. The molecule has 0 heterocycles. The monoisotopic (exact) mass is 299 g/mol. The number of halogens is 3. The molecule has 96 valence electrons. The average molecular weight is 300 g/mol. The molecule has 0 aliphatic carbocycles. The lowest BCUT2D eigenvalue weighted by Gasteiger charge is -2.25. The summed E-state index contributed by atoms with van der Waals surface area (Å²) in [5.74, 6) is -0.833. The second-order valence-electron chi connectivity index (χ2n) is 3.86. The summed E-state index contributed by atoms with van der Waals surface area (Å²) >= 11 is 11.3. The number of benzene rings is 1. The highest BCUT2D eigenvalue weighted by Gasteiger charge is 2.30. The van der Waals surface area contributed by atoms with Crippen LogP contribution in [-0.2, 0) is 10.0 Å². The van der Waals surface area contributed by atoms with E-state index in [1.807, 2.05) is 0 Å². The fourth-order valence-electron chi connectivity index (χ4n) is 1.13. The Bertz CT molecular complexity index is 489. The lowest BCUT2D eigenvalue weighted by molar-refractivity contribution is 0.494. The molecule has 1 aromatic rings. The lowest BCUT2D eigenvalue weighted by atomic mass is 10.1. The summed E-state index contributed by atoms with van der Waals surface area (Å²) in [6.45, 7) is 1.55. The van der Waals surface area contributed by atoms with Crippen molar-refractivity contribution in [2.75, 3.05) is 11.8 Å². The van der Waals surface area contributed by atoms with Crippen LogP contribution in [0.15, 0.2) is 29.2 Å². The van der Waals surface area contributed by atoms with Crippen LogP contribution in [0.3, 0.4) is 0 Å². The molecule has 17 heavy (non-hydrogen) atoms. The van der Waals surface area contributed by atoms with E-state index in [9.17, 15) is 12.8 Å². The summed E-state index contributed by atoms with van der Waals surface area (Å²) in [6.07, 6.45) is 0. The van der Waals surface area contributed by atoms with Crippen molar-refractivity contribution in [1.29, 1.82) is 0 Å². The molecule has 0 radical (unpaired) electrons. The van der Waals surface area contributed by atoms with Crippen LogP contribution < -0.4 is 4.72 Å². The van der Waals surface area contributed by atoms with Crippen molar-refractivity contribution in [3.8, 4) is 0 Å². The van der Waals surface area contributed by atoms with Crippen molar-refractivity contribution in [1.82, 2.24) is 4.72 Å². The Morgan fingerprint density at radius 1 is 1.29 bits per heavy atom. The van der Waals surface area contributed by atoms with E-state index in [4.69, 9.17) is 23.2 Å². The quantitative estimate of drug-likeness (QED) is 0.848. The highest BCUT2D eigenvalue weighted by atomic mass is 35.5. The third-order valence-electron chi connectivity index (χ3n) is 2.10. The zero-order chi connectivity index (χ0) is 13.1. The van der Waals surface area contributed by atoms with Gasteiger partial charge in [-0.05, 0) is 19.1 Å². The van der Waals surface area contributed by atoms with Gasteiger partial charge in [0.2, 0.25) is 10.0 Å². The Morgan fingerprint density at radius 3 is 2.29 bits per heavy atom. The normalized spacial score (nSPS) is 12.7. The van der Waals surface area contributed by atoms with Crippen molar-refractivity contribution in [3.05, 3.63) is 30.1 Å². The van der Waals surface area contributed by atoms with Crippen LogP contribution >= 0.6 is 23.2 Å². The standard InChI is InChI=1S/C10H12Cl2FNO2S/c1-10(6-11,7-12)14-17(15,16)9-5-3-2-4-8(9)13/h2-5,14H,6-7H2,1H3. The molecule has 0 atom stereocenters. The van der Waals surface area contributed by atoms with Crippen LogP contribution in [0.5, 0.6) is 0 Å². The van der Waals surface area contributed by atoms with E-state index in [0.29, 0.717) is 0 Å². The van der Waals surface area contributed by atoms with Crippen LogP contribution in [0.1, 0.15) is 6.92 Å². The second kappa shape index (κ2) is 5.52. The summed E-state index contributed by atoms with van der Waals surface area (Å²) in [5.41, 5.74) is -1.01. The van der Waals surface area contributed by atoms with E-state index in [-0.39, 0.29) is 11.8 Å². The third kappa shape index (κ3) is 3.55. The van der Waals surface area contributed by atoms with E-state index in [1.165, 1.54) is 18.2 Å². The molecule has 3 nitrogen and oxygen atoms in total. The fourth-order valence-corrected chi connectivity index (χ4v) is 3.20. The minimum Gasteiger partial charge on any atom is -0.207 e. The first-order valence-electron chi connectivity index (χ1n) is 4.75. The Labute approximate surface area is 110 Å². The Kier molecular flexibility index (Phi) is 4.77. The van der Waals surface area contributed by atoms with Crippen molar-refractivity contribution < 1.29 is 12.8 Å². The van der Waals surface area contributed by atoms with Gasteiger partial charge in [0.25, 0.3) is 0 Å². The summed E-state index contributed by atoms with van der Waals surface area (Å²) in [4.78, 5) is -0.415. The van der Waals surface area contributed by atoms with Crippen molar-refractivity contribution in [2.24, 2.45) is 0 Å². The molecule has 1 aromatic carbocycles. The van der Waals surface area contributed by atoms with E-state index in [2.05, 4.69) is 4.72 Å². The van der Waals surface area contributed by atoms with Gasteiger partial charge < -0.3 is 0 Å². The lowest BCUT2D eigenvalue weighted by Crippen LogP contribution is -2.49. The van der Waals surface area contributed by atoms with Crippen LogP contribution in [0.4, 0.5) is 4.39 Å². The minimum absolute atomic E-state index is 0.00974. The van der Waals surface area contributed by atoms with Crippen LogP contribution in [-0.4, -0.2) is 25.7 Å². The molecule has 1 N–H and O–H groups in total. The molecule has 0 saturated carbocycles. The second-order valence-corrected chi connectivity index (χ2v) is 6.05. The molecule has 0 amide bonds. The number of hydrogen-bond donors (Lipinski definition) is 1. The fraction of sp³-hybridized carbons (Fsp3) is 0.400. The minimum atomic E-state index is -3.97. The summed E-state index contributed by atoms with van der Waals surface area (Å²) < 4.78 is 39.5. The zero-order valence-corrected chi connectivity index (χ0v) is 11.4. The molecule has 0 aliphatic rings. The summed E-state index contributed by atoms with van der Waals surface area (Å²) in [6, 6.07) is 5.11. The molecule has 1 rings (SSSR count). The maximum atomic E-state index is 13.4. The zero-order valence-electron chi connectivity index (χ0n) is 9.08.